The average Bonchev–Trinajstić information content (AvgIpc) is 2.90. The lowest BCUT2D eigenvalue weighted by Gasteiger charge is -2.01. The number of aryl methyl sites for hydroxylation is 2. The van der Waals surface area contributed by atoms with Crippen LogP contribution < -0.4 is 5.43 Å². The zero-order chi connectivity index (χ0) is 14.9. The number of nitrogens with zero attached hydrogens (tertiary/aromatic N) is 4. The summed E-state index contributed by atoms with van der Waals surface area (Å²) in [5.41, 5.74) is 3.66. The summed E-state index contributed by atoms with van der Waals surface area (Å²) in [5, 5.41) is 19.2. The highest BCUT2D eigenvalue weighted by molar-refractivity contribution is 7.18. The molecule has 0 aliphatic rings. The van der Waals surface area contributed by atoms with Crippen LogP contribution in [0.3, 0.4) is 0 Å². The van der Waals surface area contributed by atoms with Crippen LogP contribution in [0.15, 0.2) is 17.2 Å². The van der Waals surface area contributed by atoms with Crippen molar-refractivity contribution in [3.63, 3.8) is 0 Å². The lowest BCUT2D eigenvalue weighted by molar-refractivity contribution is -0.384. The van der Waals surface area contributed by atoms with E-state index in [0.717, 1.165) is 4.88 Å². The average molecular weight is 314 g/mol. The molecule has 0 saturated carbocycles. The van der Waals surface area contributed by atoms with Crippen LogP contribution in [0.2, 0.25) is 4.34 Å². The third kappa shape index (κ3) is 2.81. The van der Waals surface area contributed by atoms with Crippen LogP contribution in [0.5, 0.6) is 0 Å². The van der Waals surface area contributed by atoms with E-state index in [1.165, 1.54) is 16.0 Å². The third-order valence-corrected chi connectivity index (χ3v) is 3.97. The van der Waals surface area contributed by atoms with Crippen molar-refractivity contribution >= 4 is 40.2 Å². The van der Waals surface area contributed by atoms with Crippen molar-refractivity contribution in [2.75, 3.05) is 5.43 Å². The minimum Gasteiger partial charge on any atom is -0.258 e. The second-order valence-corrected chi connectivity index (χ2v) is 5.79. The first-order valence-electron chi connectivity index (χ1n) is 5.64. The van der Waals surface area contributed by atoms with Crippen LogP contribution in [-0.2, 0) is 7.05 Å². The van der Waals surface area contributed by atoms with Crippen molar-refractivity contribution in [1.29, 1.82) is 0 Å². The summed E-state index contributed by atoms with van der Waals surface area (Å²) < 4.78 is 2.06. The molecule has 0 amide bonds. The molecule has 9 heteroatoms. The van der Waals surface area contributed by atoms with E-state index in [2.05, 4.69) is 15.6 Å². The second-order valence-electron chi connectivity index (χ2n) is 4.08. The molecule has 0 bridgehead atoms. The molecule has 1 N–H and O–H groups in total. The molecule has 0 aliphatic heterocycles. The number of thiophene rings is 1. The number of hydrazone groups is 1. The van der Waals surface area contributed by atoms with Crippen LogP contribution in [0.25, 0.3) is 0 Å². The van der Waals surface area contributed by atoms with Gasteiger partial charge in [0, 0.05) is 7.05 Å². The number of hydrogen-bond acceptors (Lipinski definition) is 6. The van der Waals surface area contributed by atoms with Gasteiger partial charge in [-0.15, -0.1) is 11.3 Å². The molecule has 0 aliphatic carbocycles. The minimum absolute atomic E-state index is 0.0757. The molecule has 0 aromatic carbocycles. The first-order chi connectivity index (χ1) is 9.40. The van der Waals surface area contributed by atoms with E-state index in [4.69, 9.17) is 11.6 Å². The molecule has 0 unspecified atom stereocenters. The molecule has 0 spiro atoms. The quantitative estimate of drug-likeness (QED) is 0.533. The van der Waals surface area contributed by atoms with Crippen LogP contribution in [-0.4, -0.2) is 20.4 Å². The summed E-state index contributed by atoms with van der Waals surface area (Å²) in [7, 11) is 1.62. The lowest BCUT2D eigenvalue weighted by Crippen LogP contribution is -2.04. The zero-order valence-corrected chi connectivity index (χ0v) is 12.6. The van der Waals surface area contributed by atoms with Crippen molar-refractivity contribution in [3.8, 4) is 0 Å². The Morgan fingerprint density at radius 2 is 2.30 bits per heavy atom. The van der Waals surface area contributed by atoms with Gasteiger partial charge in [0.15, 0.2) is 0 Å². The summed E-state index contributed by atoms with van der Waals surface area (Å²) in [6.45, 7) is 3.38. The smallest absolute Gasteiger partial charge is 0.258 e. The highest BCUT2D eigenvalue weighted by Crippen LogP contribution is 2.27. The van der Waals surface area contributed by atoms with Gasteiger partial charge < -0.3 is 0 Å². The highest BCUT2D eigenvalue weighted by Gasteiger charge is 2.23. The van der Waals surface area contributed by atoms with E-state index in [1.807, 2.05) is 6.07 Å². The topological polar surface area (TPSA) is 85.3 Å². The number of nitro groups is 1. The summed E-state index contributed by atoms with van der Waals surface area (Å²) in [6.07, 6.45) is 0. The Morgan fingerprint density at radius 3 is 2.85 bits per heavy atom. The van der Waals surface area contributed by atoms with Crippen molar-refractivity contribution in [2.45, 2.75) is 13.8 Å². The molecule has 7 nitrogen and oxygen atoms in total. The van der Waals surface area contributed by atoms with Crippen molar-refractivity contribution in [3.05, 3.63) is 37.2 Å². The van der Waals surface area contributed by atoms with Gasteiger partial charge in [0.05, 0.1) is 19.8 Å². The third-order valence-electron chi connectivity index (χ3n) is 2.63. The van der Waals surface area contributed by atoms with Gasteiger partial charge >= 0.3 is 5.69 Å². The van der Waals surface area contributed by atoms with Gasteiger partial charge in [0.25, 0.3) is 0 Å². The van der Waals surface area contributed by atoms with Gasteiger partial charge in [-0.25, -0.2) is 4.68 Å². The van der Waals surface area contributed by atoms with Crippen molar-refractivity contribution in [2.24, 2.45) is 12.1 Å². The number of aromatic nitrogens is 2. The van der Waals surface area contributed by atoms with E-state index >= 15 is 0 Å². The van der Waals surface area contributed by atoms with Gasteiger partial charge in [0.1, 0.15) is 5.69 Å². The van der Waals surface area contributed by atoms with E-state index < -0.39 is 4.92 Å². The maximum Gasteiger partial charge on any atom is 0.335 e. The summed E-state index contributed by atoms with van der Waals surface area (Å²) >= 11 is 7.25. The number of halogens is 1. The van der Waals surface area contributed by atoms with E-state index in [1.54, 1.807) is 27.0 Å². The van der Waals surface area contributed by atoms with Gasteiger partial charge in [-0.05, 0) is 26.0 Å². The molecule has 20 heavy (non-hydrogen) atoms. The van der Waals surface area contributed by atoms with E-state index in [-0.39, 0.29) is 11.5 Å². The molecule has 2 aromatic heterocycles. The second kappa shape index (κ2) is 5.59. The number of hydrogen-bond donors (Lipinski definition) is 1. The minimum atomic E-state index is -0.475. The summed E-state index contributed by atoms with van der Waals surface area (Å²) in [6, 6.07) is 3.62. The van der Waals surface area contributed by atoms with Gasteiger partial charge in [0.2, 0.25) is 5.82 Å². The Bertz CT molecular complexity index is 691. The SMILES string of the molecule is C/C(=N\Nc1c([N+](=O)[O-])c(C)nn1C)c1ccc(Cl)s1. The summed E-state index contributed by atoms with van der Waals surface area (Å²) in [4.78, 5) is 11.4. The molecule has 0 atom stereocenters. The fraction of sp³-hybridized carbons (Fsp3) is 0.273. The largest absolute Gasteiger partial charge is 0.335 e. The van der Waals surface area contributed by atoms with Gasteiger partial charge in [-0.1, -0.05) is 11.6 Å². The first-order valence-corrected chi connectivity index (χ1v) is 6.83. The normalized spacial score (nSPS) is 11.7. The van der Waals surface area contributed by atoms with Crippen LogP contribution in [0.4, 0.5) is 11.5 Å². The van der Waals surface area contributed by atoms with Crippen molar-refractivity contribution < 1.29 is 4.92 Å². The molecule has 0 fully saturated rings. The van der Waals surface area contributed by atoms with Crippen LogP contribution >= 0.6 is 22.9 Å². The van der Waals surface area contributed by atoms with Crippen molar-refractivity contribution in [1.82, 2.24) is 9.78 Å². The maximum absolute atomic E-state index is 11.0. The monoisotopic (exact) mass is 313 g/mol. The zero-order valence-electron chi connectivity index (χ0n) is 11.0. The Kier molecular flexibility index (Phi) is 4.05. The Labute approximate surface area is 124 Å². The van der Waals surface area contributed by atoms with Gasteiger partial charge in [-0.3, -0.25) is 15.5 Å². The van der Waals surface area contributed by atoms with Crippen LogP contribution in [0, 0.1) is 17.0 Å². The standard InChI is InChI=1S/C11H12ClN5O2S/c1-6(8-4-5-9(12)20-8)13-14-11-10(17(18)19)7(2)15-16(11)3/h4-5,14H,1-3H3/b13-6+. The highest BCUT2D eigenvalue weighted by atomic mass is 35.5. The Balaban J connectivity index is 2.29. The fourth-order valence-electron chi connectivity index (χ4n) is 1.69. The van der Waals surface area contributed by atoms with Crippen LogP contribution in [0.1, 0.15) is 17.5 Å². The first kappa shape index (κ1) is 14.5. The maximum atomic E-state index is 11.0. The molecule has 2 heterocycles. The molecule has 2 rings (SSSR count). The Morgan fingerprint density at radius 1 is 1.60 bits per heavy atom. The molecule has 0 radical (unpaired) electrons. The summed E-state index contributed by atoms with van der Waals surface area (Å²) in [5.74, 6) is 0.245. The number of rotatable bonds is 4. The molecular weight excluding hydrogens is 302 g/mol. The Hall–Kier alpha value is -1.93. The van der Waals surface area contributed by atoms with Gasteiger partial charge in [-0.2, -0.15) is 10.2 Å². The molecular formula is C11H12ClN5O2S. The fourth-order valence-corrected chi connectivity index (χ4v) is 2.68. The molecule has 2 aromatic rings. The predicted octanol–water partition coefficient (Wildman–Crippen LogP) is 3.19. The lowest BCUT2D eigenvalue weighted by atomic mass is 10.3. The number of anilines is 1. The van der Waals surface area contributed by atoms with E-state index in [0.29, 0.717) is 15.7 Å². The van der Waals surface area contributed by atoms with E-state index in [9.17, 15) is 10.1 Å². The number of nitrogens with one attached hydrogen (secondary N) is 1. The molecule has 0 saturated heterocycles. The predicted molar refractivity (Wildman–Crippen MR) is 79.8 cm³/mol. The molecule has 106 valence electrons.